The number of aliphatic hydroxyl groups excluding tert-OH is 1. The van der Waals surface area contributed by atoms with Crippen molar-refractivity contribution in [3.63, 3.8) is 0 Å². The average molecular weight is 171 g/mol. The molecule has 0 amide bonds. The summed E-state index contributed by atoms with van der Waals surface area (Å²) in [7, 11) is 0. The van der Waals surface area contributed by atoms with Crippen molar-refractivity contribution in [2.75, 3.05) is 39.5 Å². The molecule has 3 heteroatoms. The van der Waals surface area contributed by atoms with Crippen LogP contribution in [0.3, 0.4) is 0 Å². The van der Waals surface area contributed by atoms with Gasteiger partial charge < -0.3 is 9.84 Å². The van der Waals surface area contributed by atoms with Crippen LogP contribution in [0.4, 0.5) is 0 Å². The van der Waals surface area contributed by atoms with E-state index in [9.17, 15) is 0 Å². The Morgan fingerprint density at radius 2 is 1.92 bits per heavy atom. The third kappa shape index (κ3) is 1.49. The molecule has 2 heterocycles. The van der Waals surface area contributed by atoms with Gasteiger partial charge in [0.05, 0.1) is 6.61 Å². The number of hydrogen-bond donors (Lipinski definition) is 1. The summed E-state index contributed by atoms with van der Waals surface area (Å²) in [5.74, 6) is 0. The average Bonchev–Trinajstić information content (AvgIpc) is 2.04. The lowest BCUT2D eigenvalue weighted by atomic mass is 9.73. The molecular weight excluding hydrogens is 154 g/mol. The van der Waals surface area contributed by atoms with Crippen molar-refractivity contribution in [3.8, 4) is 0 Å². The summed E-state index contributed by atoms with van der Waals surface area (Å²) in [5, 5.41) is 8.72. The maximum atomic E-state index is 8.72. The van der Waals surface area contributed by atoms with Gasteiger partial charge in [-0.05, 0) is 12.8 Å². The van der Waals surface area contributed by atoms with Crippen LogP contribution in [0.1, 0.15) is 12.8 Å². The van der Waals surface area contributed by atoms with Crippen LogP contribution < -0.4 is 0 Å². The lowest BCUT2D eigenvalue weighted by Gasteiger charge is -2.52. The van der Waals surface area contributed by atoms with E-state index in [-0.39, 0.29) is 0 Å². The van der Waals surface area contributed by atoms with E-state index in [1.165, 1.54) is 25.9 Å². The predicted octanol–water partition coefficient (Wildman–Crippen LogP) is 0.0911. The molecule has 1 N–H and O–H groups in total. The first-order valence-electron chi connectivity index (χ1n) is 4.76. The van der Waals surface area contributed by atoms with E-state index in [1.54, 1.807) is 0 Å². The van der Waals surface area contributed by atoms with Crippen molar-refractivity contribution in [2.45, 2.75) is 12.8 Å². The van der Waals surface area contributed by atoms with E-state index >= 15 is 0 Å². The van der Waals surface area contributed by atoms with Crippen LogP contribution in [-0.2, 0) is 4.74 Å². The number of nitrogens with zero attached hydrogens (tertiary/aromatic N) is 1. The lowest BCUT2D eigenvalue weighted by molar-refractivity contribution is -0.0837. The minimum atomic E-state index is 0.298. The standard InChI is InChI=1S/C9H17NO2/c11-4-3-10-7-9(8-10)1-5-12-6-2-9/h11H,1-8H2. The lowest BCUT2D eigenvalue weighted by Crippen LogP contribution is -2.58. The zero-order valence-corrected chi connectivity index (χ0v) is 7.46. The van der Waals surface area contributed by atoms with Gasteiger partial charge in [-0.2, -0.15) is 0 Å². The summed E-state index contributed by atoms with van der Waals surface area (Å²) in [6.45, 7) is 5.38. The van der Waals surface area contributed by atoms with Gasteiger partial charge in [-0.1, -0.05) is 0 Å². The molecule has 0 aromatic carbocycles. The Labute approximate surface area is 73.3 Å². The summed E-state index contributed by atoms with van der Waals surface area (Å²) in [6, 6.07) is 0. The number of aliphatic hydroxyl groups is 1. The Hall–Kier alpha value is -0.120. The molecule has 0 unspecified atom stereocenters. The monoisotopic (exact) mass is 171 g/mol. The largest absolute Gasteiger partial charge is 0.395 e. The van der Waals surface area contributed by atoms with Crippen molar-refractivity contribution in [1.29, 1.82) is 0 Å². The number of rotatable bonds is 2. The summed E-state index contributed by atoms with van der Waals surface area (Å²) in [4.78, 5) is 2.32. The van der Waals surface area contributed by atoms with Crippen LogP contribution in [0.25, 0.3) is 0 Å². The van der Waals surface area contributed by atoms with E-state index < -0.39 is 0 Å². The molecule has 0 aliphatic carbocycles. The number of ether oxygens (including phenoxy) is 1. The summed E-state index contributed by atoms with van der Waals surface area (Å²) >= 11 is 0. The fraction of sp³-hybridized carbons (Fsp3) is 1.00. The Morgan fingerprint density at radius 1 is 1.25 bits per heavy atom. The third-order valence-corrected chi connectivity index (χ3v) is 3.09. The van der Waals surface area contributed by atoms with Crippen molar-refractivity contribution >= 4 is 0 Å². The third-order valence-electron chi connectivity index (χ3n) is 3.09. The zero-order valence-electron chi connectivity index (χ0n) is 7.46. The Morgan fingerprint density at radius 3 is 2.50 bits per heavy atom. The minimum Gasteiger partial charge on any atom is -0.395 e. The molecule has 0 aromatic heterocycles. The molecular formula is C9H17NO2. The quantitative estimate of drug-likeness (QED) is 0.639. The smallest absolute Gasteiger partial charge is 0.0558 e. The van der Waals surface area contributed by atoms with Crippen molar-refractivity contribution < 1.29 is 9.84 Å². The molecule has 12 heavy (non-hydrogen) atoms. The molecule has 0 saturated carbocycles. The number of β-amino-alcohol motifs (C(OH)–C–C–N with tert-alkyl or cyclic N) is 1. The van der Waals surface area contributed by atoms with Gasteiger partial charge in [0.2, 0.25) is 0 Å². The van der Waals surface area contributed by atoms with Crippen LogP contribution in [0.2, 0.25) is 0 Å². The first-order valence-corrected chi connectivity index (χ1v) is 4.76. The Balaban J connectivity index is 1.77. The van der Waals surface area contributed by atoms with E-state index in [4.69, 9.17) is 9.84 Å². The Kier molecular flexibility index (Phi) is 2.35. The fourth-order valence-electron chi connectivity index (χ4n) is 2.32. The summed E-state index contributed by atoms with van der Waals surface area (Å²) in [5.41, 5.74) is 0.563. The van der Waals surface area contributed by atoms with Crippen LogP contribution in [0.15, 0.2) is 0 Å². The van der Waals surface area contributed by atoms with E-state index in [1.807, 2.05) is 0 Å². The number of hydrogen-bond acceptors (Lipinski definition) is 3. The van der Waals surface area contributed by atoms with Crippen molar-refractivity contribution in [3.05, 3.63) is 0 Å². The van der Waals surface area contributed by atoms with E-state index in [0.717, 1.165) is 19.8 Å². The predicted molar refractivity (Wildman–Crippen MR) is 46.0 cm³/mol. The van der Waals surface area contributed by atoms with Crippen LogP contribution >= 0.6 is 0 Å². The molecule has 70 valence electrons. The van der Waals surface area contributed by atoms with Gasteiger partial charge in [-0.3, -0.25) is 4.90 Å². The highest BCUT2D eigenvalue weighted by molar-refractivity contribution is 4.95. The van der Waals surface area contributed by atoms with Crippen LogP contribution in [0, 0.1) is 5.41 Å². The van der Waals surface area contributed by atoms with E-state index in [2.05, 4.69) is 4.90 Å². The van der Waals surface area contributed by atoms with Gasteiger partial charge in [0.25, 0.3) is 0 Å². The Bertz CT molecular complexity index is 147. The van der Waals surface area contributed by atoms with Gasteiger partial charge in [0.1, 0.15) is 0 Å². The molecule has 2 aliphatic heterocycles. The topological polar surface area (TPSA) is 32.7 Å². The second-order valence-corrected chi connectivity index (χ2v) is 4.05. The van der Waals surface area contributed by atoms with Gasteiger partial charge >= 0.3 is 0 Å². The highest BCUT2D eigenvalue weighted by Gasteiger charge is 2.43. The molecule has 2 aliphatic rings. The molecule has 2 rings (SSSR count). The SMILES string of the molecule is OCCN1CC2(CCOCC2)C1. The van der Waals surface area contributed by atoms with Crippen LogP contribution in [-0.4, -0.2) is 49.5 Å². The zero-order chi connectivity index (χ0) is 8.44. The first kappa shape index (κ1) is 8.48. The maximum Gasteiger partial charge on any atom is 0.0558 e. The second-order valence-electron chi connectivity index (χ2n) is 4.05. The molecule has 0 aromatic rings. The molecule has 0 radical (unpaired) electrons. The fourth-order valence-corrected chi connectivity index (χ4v) is 2.32. The molecule has 0 bridgehead atoms. The maximum absolute atomic E-state index is 8.72. The molecule has 2 fully saturated rings. The molecule has 3 nitrogen and oxygen atoms in total. The summed E-state index contributed by atoms with van der Waals surface area (Å²) < 4.78 is 5.33. The van der Waals surface area contributed by atoms with Crippen molar-refractivity contribution in [2.24, 2.45) is 5.41 Å². The normalized spacial score (nSPS) is 28.8. The van der Waals surface area contributed by atoms with Crippen molar-refractivity contribution in [1.82, 2.24) is 4.90 Å². The highest BCUT2D eigenvalue weighted by Crippen LogP contribution is 2.39. The molecule has 1 spiro atoms. The van der Waals surface area contributed by atoms with Crippen LogP contribution in [0.5, 0.6) is 0 Å². The molecule has 2 saturated heterocycles. The van der Waals surface area contributed by atoms with Gasteiger partial charge in [0.15, 0.2) is 0 Å². The van der Waals surface area contributed by atoms with Gasteiger partial charge in [0, 0.05) is 38.3 Å². The molecule has 0 atom stereocenters. The minimum absolute atomic E-state index is 0.298. The number of likely N-dealkylation sites (tertiary alicyclic amines) is 1. The summed E-state index contributed by atoms with van der Waals surface area (Å²) in [6.07, 6.45) is 2.43. The second kappa shape index (κ2) is 3.32. The highest BCUT2D eigenvalue weighted by atomic mass is 16.5. The van der Waals surface area contributed by atoms with Gasteiger partial charge in [-0.25, -0.2) is 0 Å². The van der Waals surface area contributed by atoms with Gasteiger partial charge in [-0.15, -0.1) is 0 Å². The first-order chi connectivity index (χ1) is 5.85. The van der Waals surface area contributed by atoms with E-state index in [0.29, 0.717) is 12.0 Å².